The van der Waals surface area contributed by atoms with E-state index < -0.39 is 0 Å². The number of benzene rings is 1. The van der Waals surface area contributed by atoms with E-state index in [-0.39, 0.29) is 22.9 Å². The van der Waals surface area contributed by atoms with Gasteiger partial charge in [0.1, 0.15) is 5.82 Å². The van der Waals surface area contributed by atoms with Crippen molar-refractivity contribution in [2.24, 2.45) is 0 Å². The zero-order chi connectivity index (χ0) is 14.8. The summed E-state index contributed by atoms with van der Waals surface area (Å²) in [6.45, 7) is 4.30. The SMILES string of the molecule is CC1(C)CCC(CC(CBr)(CBr)c2ccc(F)cc2)O1. The maximum Gasteiger partial charge on any atom is 0.123 e. The van der Waals surface area contributed by atoms with Gasteiger partial charge in [0, 0.05) is 16.1 Å². The summed E-state index contributed by atoms with van der Waals surface area (Å²) in [6, 6.07) is 6.85. The van der Waals surface area contributed by atoms with Crippen LogP contribution in [0.15, 0.2) is 24.3 Å². The number of rotatable bonds is 5. The molecular weight excluding hydrogens is 387 g/mol. The zero-order valence-corrected chi connectivity index (χ0v) is 15.1. The normalized spacial score (nSPS) is 22.1. The minimum Gasteiger partial charge on any atom is -0.372 e. The monoisotopic (exact) mass is 406 g/mol. The van der Waals surface area contributed by atoms with Crippen molar-refractivity contribution in [3.63, 3.8) is 0 Å². The molecule has 1 saturated heterocycles. The summed E-state index contributed by atoms with van der Waals surface area (Å²) in [6.07, 6.45) is 3.40. The molecule has 112 valence electrons. The van der Waals surface area contributed by atoms with Gasteiger partial charge in [-0.3, -0.25) is 0 Å². The molecule has 0 saturated carbocycles. The fourth-order valence-electron chi connectivity index (χ4n) is 2.88. The van der Waals surface area contributed by atoms with Gasteiger partial charge < -0.3 is 4.74 Å². The van der Waals surface area contributed by atoms with Gasteiger partial charge in [-0.05, 0) is 50.8 Å². The zero-order valence-electron chi connectivity index (χ0n) is 12.0. The Balaban J connectivity index is 2.19. The van der Waals surface area contributed by atoms with Crippen molar-refractivity contribution in [1.29, 1.82) is 0 Å². The molecule has 1 atom stereocenters. The predicted molar refractivity (Wildman–Crippen MR) is 88.5 cm³/mol. The van der Waals surface area contributed by atoms with E-state index in [1.807, 2.05) is 12.1 Å². The lowest BCUT2D eigenvalue weighted by Gasteiger charge is -2.34. The van der Waals surface area contributed by atoms with Crippen LogP contribution in [-0.4, -0.2) is 22.4 Å². The highest BCUT2D eigenvalue weighted by Gasteiger charge is 2.39. The second kappa shape index (κ2) is 6.45. The third-order valence-corrected chi connectivity index (χ3v) is 6.29. The number of alkyl halides is 2. The van der Waals surface area contributed by atoms with Gasteiger partial charge in [-0.1, -0.05) is 44.0 Å². The van der Waals surface area contributed by atoms with Gasteiger partial charge >= 0.3 is 0 Å². The molecule has 1 aliphatic rings. The number of hydrogen-bond donors (Lipinski definition) is 0. The van der Waals surface area contributed by atoms with Crippen LogP contribution < -0.4 is 0 Å². The molecule has 0 bridgehead atoms. The van der Waals surface area contributed by atoms with E-state index in [0.717, 1.165) is 35.5 Å². The largest absolute Gasteiger partial charge is 0.372 e. The minimum atomic E-state index is -0.190. The Kier molecular flexibility index (Phi) is 5.30. The van der Waals surface area contributed by atoms with E-state index in [4.69, 9.17) is 4.74 Å². The summed E-state index contributed by atoms with van der Waals surface area (Å²) in [4.78, 5) is 0. The van der Waals surface area contributed by atoms with Crippen LogP contribution in [0.4, 0.5) is 4.39 Å². The molecule has 2 rings (SSSR count). The molecule has 0 spiro atoms. The number of hydrogen-bond acceptors (Lipinski definition) is 1. The summed E-state index contributed by atoms with van der Waals surface area (Å²) in [5, 5.41) is 1.66. The summed E-state index contributed by atoms with van der Waals surface area (Å²) in [7, 11) is 0. The molecule has 4 heteroatoms. The van der Waals surface area contributed by atoms with Crippen molar-refractivity contribution in [2.45, 2.75) is 50.2 Å². The lowest BCUT2D eigenvalue weighted by Crippen LogP contribution is -2.35. The Bertz CT molecular complexity index is 440. The smallest absolute Gasteiger partial charge is 0.123 e. The van der Waals surface area contributed by atoms with Crippen molar-refractivity contribution in [1.82, 2.24) is 0 Å². The van der Waals surface area contributed by atoms with Gasteiger partial charge in [0.15, 0.2) is 0 Å². The van der Waals surface area contributed by atoms with Crippen LogP contribution in [0.25, 0.3) is 0 Å². The van der Waals surface area contributed by atoms with Crippen molar-refractivity contribution in [3.05, 3.63) is 35.6 Å². The summed E-state index contributed by atoms with van der Waals surface area (Å²) >= 11 is 7.29. The van der Waals surface area contributed by atoms with Crippen LogP contribution in [0.1, 0.15) is 38.7 Å². The first-order valence-electron chi connectivity index (χ1n) is 6.97. The van der Waals surface area contributed by atoms with Crippen LogP contribution in [0, 0.1) is 5.82 Å². The van der Waals surface area contributed by atoms with Crippen molar-refractivity contribution in [2.75, 3.05) is 10.7 Å². The van der Waals surface area contributed by atoms with Crippen molar-refractivity contribution < 1.29 is 9.13 Å². The van der Waals surface area contributed by atoms with Gasteiger partial charge in [-0.25, -0.2) is 4.39 Å². The number of halogens is 3. The van der Waals surface area contributed by atoms with Gasteiger partial charge in [0.25, 0.3) is 0 Å². The molecule has 1 unspecified atom stereocenters. The van der Waals surface area contributed by atoms with Crippen molar-refractivity contribution in [3.8, 4) is 0 Å². The third kappa shape index (κ3) is 3.63. The van der Waals surface area contributed by atoms with Crippen LogP contribution in [0.5, 0.6) is 0 Å². The summed E-state index contributed by atoms with van der Waals surface area (Å²) in [5.74, 6) is -0.190. The fourth-order valence-corrected chi connectivity index (χ4v) is 4.91. The quantitative estimate of drug-likeness (QED) is 0.609. The summed E-state index contributed by atoms with van der Waals surface area (Å²) < 4.78 is 19.3. The van der Waals surface area contributed by atoms with E-state index >= 15 is 0 Å². The molecule has 0 N–H and O–H groups in total. The van der Waals surface area contributed by atoms with E-state index in [2.05, 4.69) is 45.7 Å². The van der Waals surface area contributed by atoms with Crippen molar-refractivity contribution >= 4 is 31.9 Å². The summed E-state index contributed by atoms with van der Waals surface area (Å²) in [5.41, 5.74) is 1.08. The lowest BCUT2D eigenvalue weighted by molar-refractivity contribution is -0.0247. The van der Waals surface area contributed by atoms with Gasteiger partial charge in [0.2, 0.25) is 0 Å². The molecule has 0 aliphatic carbocycles. The molecule has 1 heterocycles. The van der Waals surface area contributed by atoms with E-state index in [9.17, 15) is 4.39 Å². The molecule has 1 aromatic carbocycles. The topological polar surface area (TPSA) is 9.23 Å². The van der Waals surface area contributed by atoms with Gasteiger partial charge in [-0.2, -0.15) is 0 Å². The second-order valence-electron chi connectivity index (χ2n) is 6.30. The first-order chi connectivity index (χ1) is 9.41. The average Bonchev–Trinajstić information content (AvgIpc) is 2.76. The second-order valence-corrected chi connectivity index (χ2v) is 7.42. The Morgan fingerprint density at radius 1 is 1.25 bits per heavy atom. The predicted octanol–water partition coefficient (Wildman–Crippen LogP) is 5.20. The minimum absolute atomic E-state index is 0.0160. The van der Waals surface area contributed by atoms with Crippen LogP contribution in [-0.2, 0) is 10.2 Å². The highest BCUT2D eigenvalue weighted by Crippen LogP contribution is 2.40. The Morgan fingerprint density at radius 2 is 1.85 bits per heavy atom. The Hall–Kier alpha value is 0.0700. The highest BCUT2D eigenvalue weighted by atomic mass is 79.9. The molecule has 20 heavy (non-hydrogen) atoms. The third-order valence-electron chi connectivity index (χ3n) is 4.14. The van der Waals surface area contributed by atoms with E-state index in [0.29, 0.717) is 0 Å². The van der Waals surface area contributed by atoms with Crippen LogP contribution >= 0.6 is 31.9 Å². The first kappa shape index (κ1) is 16.4. The molecule has 0 radical (unpaired) electrons. The maximum absolute atomic E-state index is 13.1. The Labute approximate surface area is 137 Å². The number of ether oxygens (including phenoxy) is 1. The van der Waals surface area contributed by atoms with Crippen LogP contribution in [0.3, 0.4) is 0 Å². The lowest BCUT2D eigenvalue weighted by atomic mass is 9.79. The first-order valence-corrected chi connectivity index (χ1v) is 9.21. The van der Waals surface area contributed by atoms with Crippen LogP contribution in [0.2, 0.25) is 0 Å². The molecule has 1 fully saturated rings. The molecule has 1 aliphatic heterocycles. The highest BCUT2D eigenvalue weighted by molar-refractivity contribution is 9.09. The average molecular weight is 408 g/mol. The fraction of sp³-hybridized carbons (Fsp3) is 0.625. The van der Waals surface area contributed by atoms with Gasteiger partial charge in [0.05, 0.1) is 11.7 Å². The van der Waals surface area contributed by atoms with Gasteiger partial charge in [-0.15, -0.1) is 0 Å². The molecule has 1 aromatic rings. The molecule has 0 aromatic heterocycles. The van der Waals surface area contributed by atoms with E-state index in [1.165, 1.54) is 12.1 Å². The Morgan fingerprint density at radius 3 is 2.30 bits per heavy atom. The van der Waals surface area contributed by atoms with E-state index in [1.54, 1.807) is 0 Å². The molecule has 1 nitrogen and oxygen atoms in total. The maximum atomic E-state index is 13.1. The molecule has 0 amide bonds. The molecular formula is C16H21Br2FO. The standard InChI is InChI=1S/C16H21Br2FO/c1-15(2)8-7-14(20-15)9-16(10-17,11-18)12-3-5-13(19)6-4-12/h3-6,14H,7-11H2,1-2H3.